The van der Waals surface area contributed by atoms with Crippen LogP contribution >= 0.6 is 23.5 Å². The van der Waals surface area contributed by atoms with Crippen LogP contribution in [0, 0.1) is 0 Å². The van der Waals surface area contributed by atoms with Crippen LogP contribution < -0.4 is 0 Å². The van der Waals surface area contributed by atoms with E-state index in [2.05, 4.69) is 6.58 Å². The second-order valence-corrected chi connectivity index (χ2v) is 3.45. The molecule has 0 spiro atoms. The summed E-state index contributed by atoms with van der Waals surface area (Å²) in [4.78, 5) is 10.5. The van der Waals surface area contributed by atoms with Crippen molar-refractivity contribution in [1.82, 2.24) is 0 Å². The number of carbonyl (C=O) groups excluding carboxylic acids is 1. The first-order valence-electron chi connectivity index (χ1n) is 2.59. The Morgan fingerprint density at radius 2 is 2.33 bits per heavy atom. The lowest BCUT2D eigenvalue weighted by atomic mass is 10.7. The molecule has 0 heterocycles. The van der Waals surface area contributed by atoms with Crippen molar-refractivity contribution in [1.29, 1.82) is 0 Å². The third-order valence-electron chi connectivity index (χ3n) is 0.698. The van der Waals surface area contributed by atoms with Crippen LogP contribution in [0.5, 0.6) is 0 Å². The van der Waals surface area contributed by atoms with Gasteiger partial charge in [-0.15, -0.1) is 0 Å². The van der Waals surface area contributed by atoms with Gasteiger partial charge >= 0.3 is 0 Å². The molecule has 0 bridgehead atoms. The normalized spacial score (nSPS) is 9.00. The van der Waals surface area contributed by atoms with E-state index >= 15 is 0 Å². The lowest BCUT2D eigenvalue weighted by Crippen LogP contribution is -1.88. The summed E-state index contributed by atoms with van der Waals surface area (Å²) in [5.41, 5.74) is 0. The largest absolute Gasteiger partial charge is 0.282 e. The zero-order valence-electron chi connectivity index (χ0n) is 5.42. The molecule has 0 aliphatic carbocycles. The van der Waals surface area contributed by atoms with Crippen LogP contribution in [0.2, 0.25) is 0 Å². The summed E-state index contributed by atoms with van der Waals surface area (Å²) in [7, 11) is 0. The van der Waals surface area contributed by atoms with Crippen molar-refractivity contribution in [3.05, 3.63) is 12.7 Å². The highest BCUT2D eigenvalue weighted by Gasteiger charge is 1.93. The summed E-state index contributed by atoms with van der Waals surface area (Å²) >= 11 is 3.07. The number of hydrogen-bond acceptors (Lipinski definition) is 3. The molecule has 0 saturated heterocycles. The smallest absolute Gasteiger partial charge is 0.211 e. The molecule has 0 N–H and O–H groups in total. The molecule has 0 unspecified atom stereocenters. The van der Waals surface area contributed by atoms with Crippen molar-refractivity contribution in [2.75, 3.05) is 17.8 Å². The van der Waals surface area contributed by atoms with Crippen LogP contribution in [0.3, 0.4) is 0 Å². The van der Waals surface area contributed by atoms with Crippen LogP contribution in [0.1, 0.15) is 0 Å². The van der Waals surface area contributed by atoms with Gasteiger partial charge in [0.05, 0.1) is 0 Å². The fourth-order valence-electron chi connectivity index (χ4n) is 0.285. The molecule has 0 atom stereocenters. The van der Waals surface area contributed by atoms with E-state index in [1.165, 1.54) is 17.8 Å². The van der Waals surface area contributed by atoms with E-state index in [0.717, 1.165) is 11.5 Å². The SMILES string of the molecule is C=CC(=O)SCCSC. The summed E-state index contributed by atoms with van der Waals surface area (Å²) in [6.07, 6.45) is 3.38. The van der Waals surface area contributed by atoms with Crippen molar-refractivity contribution in [3.8, 4) is 0 Å². The van der Waals surface area contributed by atoms with Gasteiger partial charge in [0.1, 0.15) is 0 Å². The summed E-state index contributed by atoms with van der Waals surface area (Å²) in [6, 6.07) is 0. The Morgan fingerprint density at radius 1 is 1.67 bits per heavy atom. The fourth-order valence-corrected chi connectivity index (χ4v) is 1.60. The Morgan fingerprint density at radius 3 is 2.78 bits per heavy atom. The molecule has 0 fully saturated rings. The van der Waals surface area contributed by atoms with Gasteiger partial charge in [-0.25, -0.2) is 0 Å². The Labute approximate surface area is 64.3 Å². The average molecular weight is 162 g/mol. The first kappa shape index (κ1) is 9.11. The van der Waals surface area contributed by atoms with Crippen LogP contribution in [-0.4, -0.2) is 22.9 Å². The molecule has 0 radical (unpaired) electrons. The van der Waals surface area contributed by atoms with Gasteiger partial charge in [0.25, 0.3) is 0 Å². The minimum atomic E-state index is 0.0732. The topological polar surface area (TPSA) is 17.1 Å². The third-order valence-corrected chi connectivity index (χ3v) is 2.43. The standard InChI is InChI=1S/C6H10OS2/c1-3-6(7)9-5-4-8-2/h3H,1,4-5H2,2H3. The van der Waals surface area contributed by atoms with Crippen molar-refractivity contribution in [2.45, 2.75) is 0 Å². The minimum absolute atomic E-state index is 0.0732. The quantitative estimate of drug-likeness (QED) is 0.463. The van der Waals surface area contributed by atoms with Gasteiger partial charge in [0.2, 0.25) is 5.12 Å². The summed E-state index contributed by atoms with van der Waals surface area (Å²) in [6.45, 7) is 3.36. The molecular weight excluding hydrogens is 152 g/mol. The second kappa shape index (κ2) is 6.23. The van der Waals surface area contributed by atoms with E-state index in [1.54, 1.807) is 11.8 Å². The molecule has 0 rings (SSSR count). The molecule has 52 valence electrons. The molecule has 0 aliphatic rings. The number of hydrogen-bond donors (Lipinski definition) is 0. The van der Waals surface area contributed by atoms with Gasteiger partial charge in [-0.2, -0.15) is 11.8 Å². The van der Waals surface area contributed by atoms with E-state index in [0.29, 0.717) is 0 Å². The Hall–Kier alpha value is 0.110. The molecule has 0 aliphatic heterocycles. The summed E-state index contributed by atoms with van der Waals surface area (Å²) in [5, 5.41) is 0.0732. The van der Waals surface area contributed by atoms with E-state index in [-0.39, 0.29) is 5.12 Å². The predicted molar refractivity (Wildman–Crippen MR) is 46.0 cm³/mol. The Kier molecular flexibility index (Phi) is 6.31. The fraction of sp³-hybridized carbons (Fsp3) is 0.500. The van der Waals surface area contributed by atoms with Crippen molar-refractivity contribution < 1.29 is 4.79 Å². The van der Waals surface area contributed by atoms with Gasteiger partial charge in [-0.3, -0.25) is 4.79 Å². The van der Waals surface area contributed by atoms with E-state index in [9.17, 15) is 4.79 Å². The van der Waals surface area contributed by atoms with Crippen molar-refractivity contribution in [2.24, 2.45) is 0 Å². The minimum Gasteiger partial charge on any atom is -0.282 e. The summed E-state index contributed by atoms with van der Waals surface area (Å²) < 4.78 is 0. The van der Waals surface area contributed by atoms with Crippen LogP contribution in [0.15, 0.2) is 12.7 Å². The number of thioether (sulfide) groups is 2. The van der Waals surface area contributed by atoms with E-state index in [1.807, 2.05) is 6.26 Å². The maximum absolute atomic E-state index is 10.5. The molecule has 0 saturated carbocycles. The molecule has 0 aromatic rings. The maximum atomic E-state index is 10.5. The predicted octanol–water partition coefficient (Wildman–Crippen LogP) is 1.80. The molecular formula is C6H10OS2. The highest BCUT2D eigenvalue weighted by Crippen LogP contribution is 2.04. The zero-order valence-corrected chi connectivity index (χ0v) is 7.06. The molecule has 3 heteroatoms. The average Bonchev–Trinajstić information content (AvgIpc) is 1.89. The van der Waals surface area contributed by atoms with Gasteiger partial charge < -0.3 is 0 Å². The van der Waals surface area contributed by atoms with E-state index < -0.39 is 0 Å². The third kappa shape index (κ3) is 5.99. The molecule has 9 heavy (non-hydrogen) atoms. The van der Waals surface area contributed by atoms with Crippen LogP contribution in [0.25, 0.3) is 0 Å². The van der Waals surface area contributed by atoms with Gasteiger partial charge in [0, 0.05) is 11.5 Å². The Balaban J connectivity index is 3.07. The van der Waals surface area contributed by atoms with Gasteiger partial charge in [0.15, 0.2) is 0 Å². The van der Waals surface area contributed by atoms with Crippen LogP contribution in [0.4, 0.5) is 0 Å². The number of carbonyl (C=O) groups is 1. The zero-order chi connectivity index (χ0) is 7.11. The van der Waals surface area contributed by atoms with E-state index in [4.69, 9.17) is 0 Å². The molecule has 0 amide bonds. The Bertz CT molecular complexity index is 101. The first-order valence-corrected chi connectivity index (χ1v) is 4.97. The molecule has 0 aromatic carbocycles. The highest BCUT2D eigenvalue weighted by molar-refractivity contribution is 8.14. The summed E-state index contributed by atoms with van der Waals surface area (Å²) in [5.74, 6) is 1.93. The molecule has 1 nitrogen and oxygen atoms in total. The lowest BCUT2D eigenvalue weighted by molar-refractivity contribution is -0.107. The van der Waals surface area contributed by atoms with Gasteiger partial charge in [-0.1, -0.05) is 18.3 Å². The lowest BCUT2D eigenvalue weighted by Gasteiger charge is -1.91. The monoisotopic (exact) mass is 162 g/mol. The van der Waals surface area contributed by atoms with Crippen LogP contribution in [-0.2, 0) is 4.79 Å². The van der Waals surface area contributed by atoms with Crippen molar-refractivity contribution in [3.63, 3.8) is 0 Å². The first-order chi connectivity index (χ1) is 4.31. The number of rotatable bonds is 4. The molecule has 0 aromatic heterocycles. The highest BCUT2D eigenvalue weighted by atomic mass is 32.2. The van der Waals surface area contributed by atoms with Gasteiger partial charge in [-0.05, 0) is 12.3 Å². The second-order valence-electron chi connectivity index (χ2n) is 1.36. The van der Waals surface area contributed by atoms with Crippen molar-refractivity contribution >= 4 is 28.6 Å². The maximum Gasteiger partial charge on any atom is 0.211 e.